The normalized spacial score (nSPS) is 18.3. The number of hydrogen-bond acceptors (Lipinski definition) is 3. The molecule has 1 aliphatic carbocycles. The van der Waals surface area contributed by atoms with Crippen LogP contribution in [0.1, 0.15) is 71.7 Å². The van der Waals surface area contributed by atoms with Gasteiger partial charge in [-0.3, -0.25) is 4.90 Å². The molecule has 2 fully saturated rings. The molecular formula is C25H29ClN2O2S. The number of carboxylic acids is 1. The molecule has 5 rings (SSSR count). The Morgan fingerprint density at radius 2 is 1.77 bits per heavy atom. The average molecular weight is 457 g/mol. The Kier molecular flexibility index (Phi) is 5.84. The van der Waals surface area contributed by atoms with Crippen LogP contribution < -0.4 is 0 Å². The van der Waals surface area contributed by atoms with E-state index in [0.29, 0.717) is 10.8 Å². The van der Waals surface area contributed by atoms with Gasteiger partial charge >= 0.3 is 5.97 Å². The molecule has 2 aromatic heterocycles. The number of hydrogen-bond donors (Lipinski definition) is 1. The molecule has 3 heterocycles. The molecule has 2 aliphatic rings. The zero-order chi connectivity index (χ0) is 21.5. The zero-order valence-electron chi connectivity index (χ0n) is 18.0. The minimum absolute atomic E-state index is 0.489. The zero-order valence-corrected chi connectivity index (χ0v) is 19.6. The second-order valence-corrected chi connectivity index (χ2v) is 10.5. The van der Waals surface area contributed by atoms with Crippen LogP contribution in [-0.2, 0) is 13.6 Å². The maximum absolute atomic E-state index is 12.2. The van der Waals surface area contributed by atoms with E-state index >= 15 is 0 Å². The summed E-state index contributed by atoms with van der Waals surface area (Å²) >= 11 is 7.68. The predicted octanol–water partition coefficient (Wildman–Crippen LogP) is 6.90. The number of halogens is 1. The van der Waals surface area contributed by atoms with Gasteiger partial charge in [-0.05, 0) is 68.0 Å². The van der Waals surface area contributed by atoms with Crippen molar-refractivity contribution >= 4 is 39.1 Å². The summed E-state index contributed by atoms with van der Waals surface area (Å²) < 4.78 is 3.46. The smallest absolute Gasteiger partial charge is 0.346 e. The van der Waals surface area contributed by atoms with Gasteiger partial charge in [0.2, 0.25) is 0 Å². The Hall–Kier alpha value is -1.82. The fourth-order valence-corrected chi connectivity index (χ4v) is 7.04. The molecule has 1 aliphatic heterocycles. The summed E-state index contributed by atoms with van der Waals surface area (Å²) in [5.41, 5.74) is 5.89. The van der Waals surface area contributed by atoms with E-state index in [-0.39, 0.29) is 0 Å². The van der Waals surface area contributed by atoms with Crippen molar-refractivity contribution in [3.05, 3.63) is 45.3 Å². The molecule has 1 aromatic carbocycles. The topological polar surface area (TPSA) is 45.5 Å². The second kappa shape index (κ2) is 8.61. The standard InChI is InChI=1S/C25H29ClN2O2S/c1-27-21(17-9-11-18(26)12-10-17)20(16-7-3-2-4-8-16)24-22(27)19(23(31-24)25(29)30)15-28-13-5-6-14-28/h9-12,16H,2-8,13-15H2,1H3,(H,29,30). The third-order valence-electron chi connectivity index (χ3n) is 7.06. The summed E-state index contributed by atoms with van der Waals surface area (Å²) in [6, 6.07) is 8.12. The molecule has 0 atom stereocenters. The second-order valence-electron chi connectivity index (χ2n) is 9.04. The van der Waals surface area contributed by atoms with Crippen LogP contribution in [0.3, 0.4) is 0 Å². The Labute approximate surface area is 192 Å². The van der Waals surface area contributed by atoms with Gasteiger partial charge in [0.1, 0.15) is 4.88 Å². The number of aryl methyl sites for hydroxylation is 1. The maximum atomic E-state index is 12.2. The molecule has 0 radical (unpaired) electrons. The lowest BCUT2D eigenvalue weighted by molar-refractivity contribution is 0.0700. The van der Waals surface area contributed by atoms with E-state index in [1.165, 1.54) is 77.8 Å². The summed E-state index contributed by atoms with van der Waals surface area (Å²) in [4.78, 5) is 15.1. The van der Waals surface area contributed by atoms with E-state index in [1.807, 2.05) is 12.1 Å². The first kappa shape index (κ1) is 21.0. The fraction of sp³-hybridized carbons (Fsp3) is 0.480. The minimum atomic E-state index is -0.793. The van der Waals surface area contributed by atoms with E-state index < -0.39 is 5.97 Å². The van der Waals surface area contributed by atoms with Crippen LogP contribution in [0.15, 0.2) is 24.3 Å². The SMILES string of the molecule is Cn1c(-c2ccc(Cl)cc2)c(C2CCCCC2)c2sc(C(=O)O)c(CN3CCCC3)c21. The van der Waals surface area contributed by atoms with Gasteiger partial charge in [0.15, 0.2) is 0 Å². The van der Waals surface area contributed by atoms with Crippen molar-refractivity contribution in [2.24, 2.45) is 7.05 Å². The van der Waals surface area contributed by atoms with Crippen molar-refractivity contribution in [3.8, 4) is 11.3 Å². The van der Waals surface area contributed by atoms with Crippen LogP contribution in [0.2, 0.25) is 5.02 Å². The predicted molar refractivity (Wildman–Crippen MR) is 129 cm³/mol. The molecule has 1 saturated carbocycles. The highest BCUT2D eigenvalue weighted by molar-refractivity contribution is 7.21. The van der Waals surface area contributed by atoms with E-state index in [4.69, 9.17) is 11.6 Å². The van der Waals surface area contributed by atoms with Crippen molar-refractivity contribution < 1.29 is 9.90 Å². The van der Waals surface area contributed by atoms with Gasteiger partial charge in [-0.25, -0.2) is 4.79 Å². The molecule has 0 spiro atoms. The molecule has 4 nitrogen and oxygen atoms in total. The molecule has 164 valence electrons. The molecule has 31 heavy (non-hydrogen) atoms. The summed E-state index contributed by atoms with van der Waals surface area (Å²) in [6.07, 6.45) is 8.56. The van der Waals surface area contributed by atoms with Crippen LogP contribution in [0.5, 0.6) is 0 Å². The first-order valence-electron chi connectivity index (χ1n) is 11.4. The third kappa shape index (κ3) is 3.81. The molecule has 3 aromatic rings. The van der Waals surface area contributed by atoms with Crippen molar-refractivity contribution in [3.63, 3.8) is 0 Å². The first-order chi connectivity index (χ1) is 15.0. The van der Waals surface area contributed by atoms with Gasteiger partial charge in [0.05, 0.1) is 15.9 Å². The van der Waals surface area contributed by atoms with E-state index in [1.54, 1.807) is 0 Å². The lowest BCUT2D eigenvalue weighted by Gasteiger charge is -2.23. The van der Waals surface area contributed by atoms with Gasteiger partial charge in [0, 0.05) is 24.2 Å². The van der Waals surface area contributed by atoms with E-state index in [0.717, 1.165) is 35.7 Å². The van der Waals surface area contributed by atoms with Crippen LogP contribution in [0.25, 0.3) is 21.5 Å². The van der Waals surface area contributed by atoms with Crippen molar-refractivity contribution in [2.75, 3.05) is 13.1 Å². The Morgan fingerprint density at radius 3 is 2.42 bits per heavy atom. The highest BCUT2D eigenvalue weighted by Crippen LogP contribution is 2.48. The number of aromatic nitrogens is 1. The largest absolute Gasteiger partial charge is 0.477 e. The van der Waals surface area contributed by atoms with E-state index in [9.17, 15) is 9.90 Å². The Morgan fingerprint density at radius 1 is 1.10 bits per heavy atom. The number of nitrogens with zero attached hydrogens (tertiary/aromatic N) is 2. The number of benzene rings is 1. The number of rotatable bonds is 5. The van der Waals surface area contributed by atoms with Gasteiger partial charge in [0.25, 0.3) is 0 Å². The molecule has 0 amide bonds. The molecule has 1 N–H and O–H groups in total. The van der Waals surface area contributed by atoms with Crippen molar-refractivity contribution in [1.29, 1.82) is 0 Å². The summed E-state index contributed by atoms with van der Waals surface area (Å²) in [5.74, 6) is -0.305. The fourth-order valence-electron chi connectivity index (χ4n) is 5.60. The van der Waals surface area contributed by atoms with Crippen molar-refractivity contribution in [1.82, 2.24) is 9.47 Å². The van der Waals surface area contributed by atoms with Crippen molar-refractivity contribution in [2.45, 2.75) is 57.4 Å². The lowest BCUT2D eigenvalue weighted by atomic mass is 9.83. The van der Waals surface area contributed by atoms with Gasteiger partial charge in [-0.1, -0.05) is 43.0 Å². The number of fused-ring (bicyclic) bond motifs is 1. The van der Waals surface area contributed by atoms with Gasteiger partial charge in [-0.15, -0.1) is 11.3 Å². The molecule has 6 heteroatoms. The monoisotopic (exact) mass is 456 g/mol. The van der Waals surface area contributed by atoms with Gasteiger partial charge in [-0.2, -0.15) is 0 Å². The average Bonchev–Trinajstić information content (AvgIpc) is 3.47. The molecule has 0 bridgehead atoms. The molecule has 1 saturated heterocycles. The summed E-state index contributed by atoms with van der Waals surface area (Å²) in [6.45, 7) is 2.84. The van der Waals surface area contributed by atoms with E-state index in [2.05, 4.69) is 28.6 Å². The molecule has 0 unspecified atom stereocenters. The number of thiophene rings is 1. The van der Waals surface area contributed by atoms with Crippen LogP contribution in [-0.4, -0.2) is 33.6 Å². The Bertz CT molecular complexity index is 1100. The Balaban J connectivity index is 1.74. The molecular weight excluding hydrogens is 428 g/mol. The third-order valence-corrected chi connectivity index (χ3v) is 8.55. The number of aromatic carboxylic acids is 1. The number of carbonyl (C=O) groups is 1. The number of likely N-dealkylation sites (tertiary alicyclic amines) is 1. The minimum Gasteiger partial charge on any atom is -0.477 e. The number of carboxylic acid groups (broad SMARTS) is 1. The van der Waals surface area contributed by atoms with Crippen LogP contribution >= 0.6 is 22.9 Å². The van der Waals surface area contributed by atoms with Crippen LogP contribution in [0, 0.1) is 0 Å². The highest BCUT2D eigenvalue weighted by atomic mass is 35.5. The lowest BCUT2D eigenvalue weighted by Crippen LogP contribution is -2.20. The quantitative estimate of drug-likeness (QED) is 0.454. The first-order valence-corrected chi connectivity index (χ1v) is 12.6. The van der Waals surface area contributed by atoms with Gasteiger partial charge < -0.3 is 9.67 Å². The highest BCUT2D eigenvalue weighted by Gasteiger charge is 2.31. The van der Waals surface area contributed by atoms with Crippen LogP contribution in [0.4, 0.5) is 0 Å². The maximum Gasteiger partial charge on any atom is 0.346 e. The summed E-state index contributed by atoms with van der Waals surface area (Å²) in [7, 11) is 2.12. The summed E-state index contributed by atoms with van der Waals surface area (Å²) in [5, 5.41) is 10.8.